The normalized spacial score (nSPS) is 18.6. The van der Waals surface area contributed by atoms with Gasteiger partial charge in [-0.2, -0.15) is 0 Å². The highest BCUT2D eigenvalue weighted by Crippen LogP contribution is 2.31. The molecule has 1 unspecified atom stereocenters. The van der Waals surface area contributed by atoms with E-state index in [4.69, 9.17) is 14.6 Å². The summed E-state index contributed by atoms with van der Waals surface area (Å²) in [4.78, 5) is 10.9. The summed E-state index contributed by atoms with van der Waals surface area (Å²) in [6, 6.07) is 5.18. The predicted octanol–water partition coefficient (Wildman–Crippen LogP) is 1.13. The molecular formula is C14H18O6S. The maximum atomic E-state index is 11.1. The summed E-state index contributed by atoms with van der Waals surface area (Å²) in [7, 11) is -1.44. The van der Waals surface area contributed by atoms with Crippen molar-refractivity contribution in [2.75, 3.05) is 18.6 Å². The van der Waals surface area contributed by atoms with Crippen LogP contribution in [0.25, 0.3) is 0 Å². The van der Waals surface area contributed by atoms with Gasteiger partial charge in [-0.1, -0.05) is 13.0 Å². The van der Waals surface area contributed by atoms with Crippen LogP contribution in [0, 0.1) is 5.92 Å². The molecule has 1 atom stereocenters. The van der Waals surface area contributed by atoms with E-state index in [0.29, 0.717) is 17.9 Å². The van der Waals surface area contributed by atoms with Gasteiger partial charge in [0.15, 0.2) is 21.3 Å². The van der Waals surface area contributed by atoms with Crippen molar-refractivity contribution in [1.29, 1.82) is 0 Å². The molecule has 0 aliphatic carbocycles. The summed E-state index contributed by atoms with van der Waals surface area (Å²) >= 11 is 0. The second-order valence-corrected chi connectivity index (χ2v) is 7.40. The number of rotatable bonds is 6. The number of methoxy groups -OCH3 is 1. The molecule has 2 rings (SSSR count). The molecule has 0 bridgehead atoms. The molecule has 1 aromatic carbocycles. The Hall–Kier alpha value is -1.76. The van der Waals surface area contributed by atoms with E-state index in [1.54, 1.807) is 25.1 Å². The van der Waals surface area contributed by atoms with E-state index in [-0.39, 0.29) is 17.6 Å². The minimum absolute atomic E-state index is 0.0218. The molecule has 1 fully saturated rings. The van der Waals surface area contributed by atoms with E-state index < -0.39 is 21.7 Å². The fourth-order valence-corrected chi connectivity index (χ4v) is 3.31. The van der Waals surface area contributed by atoms with Crippen LogP contribution in [0.4, 0.5) is 0 Å². The molecule has 7 heteroatoms. The third kappa shape index (κ3) is 3.87. The quantitative estimate of drug-likeness (QED) is 0.846. The Morgan fingerprint density at radius 2 is 2.05 bits per heavy atom. The van der Waals surface area contributed by atoms with E-state index in [1.807, 2.05) is 0 Å². The molecule has 1 N–H and O–H groups in total. The van der Waals surface area contributed by atoms with Crippen LogP contribution >= 0.6 is 0 Å². The first kappa shape index (κ1) is 15.6. The van der Waals surface area contributed by atoms with Crippen molar-refractivity contribution in [3.05, 3.63) is 23.8 Å². The monoisotopic (exact) mass is 314 g/mol. The summed E-state index contributed by atoms with van der Waals surface area (Å²) < 4.78 is 33.1. The standard InChI is InChI=1S/C14H18O6S/c1-9(14(15)16)5-10-3-4-12(13(6-10)19-2)20-11-7-21(17,18)8-11/h3-4,6,9,11H,5,7-8H2,1-2H3,(H,15,16). The number of ether oxygens (including phenoxy) is 2. The number of sulfone groups is 1. The van der Waals surface area contributed by atoms with Crippen molar-refractivity contribution in [3.8, 4) is 11.5 Å². The number of hydrogen-bond donors (Lipinski definition) is 1. The third-order valence-corrected chi connectivity index (χ3v) is 5.12. The van der Waals surface area contributed by atoms with E-state index in [2.05, 4.69) is 0 Å². The Labute approximate surface area is 123 Å². The minimum Gasteiger partial charge on any atom is -0.493 e. The van der Waals surface area contributed by atoms with Crippen LogP contribution in [0.3, 0.4) is 0 Å². The summed E-state index contributed by atoms with van der Waals surface area (Å²) in [6.45, 7) is 1.64. The first-order chi connectivity index (χ1) is 9.80. The Bertz CT molecular complexity index is 625. The van der Waals surface area contributed by atoms with Crippen molar-refractivity contribution < 1.29 is 27.8 Å². The van der Waals surface area contributed by atoms with Gasteiger partial charge in [-0.3, -0.25) is 4.79 Å². The van der Waals surface area contributed by atoms with Gasteiger partial charge in [0.05, 0.1) is 24.5 Å². The number of benzene rings is 1. The van der Waals surface area contributed by atoms with Crippen LogP contribution in [-0.4, -0.2) is 44.2 Å². The fraction of sp³-hybridized carbons (Fsp3) is 0.500. The zero-order valence-corrected chi connectivity index (χ0v) is 12.7. The SMILES string of the molecule is COc1cc(CC(C)C(=O)O)ccc1OC1CS(=O)(=O)C1. The van der Waals surface area contributed by atoms with E-state index >= 15 is 0 Å². The average molecular weight is 314 g/mol. The van der Waals surface area contributed by atoms with Crippen molar-refractivity contribution in [1.82, 2.24) is 0 Å². The number of hydrogen-bond acceptors (Lipinski definition) is 5. The van der Waals surface area contributed by atoms with Crippen molar-refractivity contribution in [3.63, 3.8) is 0 Å². The first-order valence-corrected chi connectivity index (χ1v) is 8.39. The lowest BCUT2D eigenvalue weighted by Gasteiger charge is -2.27. The molecule has 0 saturated carbocycles. The summed E-state index contributed by atoms with van der Waals surface area (Å²) in [6.07, 6.45) is 0.0525. The van der Waals surface area contributed by atoms with Crippen molar-refractivity contribution in [2.45, 2.75) is 19.4 Å². The van der Waals surface area contributed by atoms with E-state index in [1.165, 1.54) is 7.11 Å². The molecule has 21 heavy (non-hydrogen) atoms. The van der Waals surface area contributed by atoms with Crippen molar-refractivity contribution in [2.24, 2.45) is 5.92 Å². The maximum absolute atomic E-state index is 11.1. The van der Waals surface area contributed by atoms with Crippen LogP contribution in [0.1, 0.15) is 12.5 Å². The Balaban J connectivity index is 2.08. The molecule has 0 radical (unpaired) electrons. The van der Waals surface area contributed by atoms with Gasteiger partial charge in [-0.25, -0.2) is 8.42 Å². The highest BCUT2D eigenvalue weighted by atomic mass is 32.2. The number of carboxylic acid groups (broad SMARTS) is 1. The smallest absolute Gasteiger partial charge is 0.306 e. The Morgan fingerprint density at radius 3 is 2.57 bits per heavy atom. The molecule has 0 aromatic heterocycles. The molecule has 6 nitrogen and oxygen atoms in total. The molecule has 116 valence electrons. The molecule has 0 amide bonds. The number of aliphatic carboxylic acids is 1. The second-order valence-electron chi connectivity index (χ2n) is 5.25. The third-order valence-electron chi connectivity index (χ3n) is 3.36. The number of carboxylic acids is 1. The van der Waals surface area contributed by atoms with Gasteiger partial charge in [0.25, 0.3) is 0 Å². The molecule has 1 aliphatic heterocycles. The van der Waals surface area contributed by atoms with Gasteiger partial charge < -0.3 is 14.6 Å². The van der Waals surface area contributed by atoms with Crippen LogP contribution < -0.4 is 9.47 Å². The van der Waals surface area contributed by atoms with Crippen LogP contribution in [0.5, 0.6) is 11.5 Å². The minimum atomic E-state index is -2.93. The van der Waals surface area contributed by atoms with E-state index in [9.17, 15) is 13.2 Å². The molecule has 1 aromatic rings. The number of carbonyl (C=O) groups is 1. The van der Waals surface area contributed by atoms with Gasteiger partial charge in [0.2, 0.25) is 0 Å². The molecule has 0 spiro atoms. The highest BCUT2D eigenvalue weighted by molar-refractivity contribution is 7.92. The zero-order chi connectivity index (χ0) is 15.6. The summed E-state index contributed by atoms with van der Waals surface area (Å²) in [5.74, 6) is -0.340. The lowest BCUT2D eigenvalue weighted by molar-refractivity contribution is -0.141. The molecular weight excluding hydrogens is 296 g/mol. The van der Waals surface area contributed by atoms with E-state index in [0.717, 1.165) is 5.56 Å². The molecule has 1 heterocycles. The molecule has 1 saturated heterocycles. The topological polar surface area (TPSA) is 89.9 Å². The predicted molar refractivity (Wildman–Crippen MR) is 76.6 cm³/mol. The second kappa shape index (κ2) is 5.93. The van der Waals surface area contributed by atoms with Gasteiger partial charge in [0, 0.05) is 0 Å². The largest absolute Gasteiger partial charge is 0.493 e. The van der Waals surface area contributed by atoms with Crippen LogP contribution in [0.15, 0.2) is 18.2 Å². The highest BCUT2D eigenvalue weighted by Gasteiger charge is 2.35. The molecule has 1 aliphatic rings. The Morgan fingerprint density at radius 1 is 1.38 bits per heavy atom. The van der Waals surface area contributed by atoms with Gasteiger partial charge >= 0.3 is 5.97 Å². The lowest BCUT2D eigenvalue weighted by Crippen LogP contribution is -2.45. The van der Waals surface area contributed by atoms with Gasteiger partial charge in [0.1, 0.15) is 6.10 Å². The summed E-state index contributed by atoms with van der Waals surface area (Å²) in [5, 5.41) is 8.92. The van der Waals surface area contributed by atoms with Gasteiger partial charge in [-0.15, -0.1) is 0 Å². The Kier molecular flexibility index (Phi) is 4.41. The first-order valence-electron chi connectivity index (χ1n) is 6.57. The van der Waals surface area contributed by atoms with Crippen LogP contribution in [0.2, 0.25) is 0 Å². The van der Waals surface area contributed by atoms with Crippen molar-refractivity contribution >= 4 is 15.8 Å². The fourth-order valence-electron chi connectivity index (χ4n) is 2.14. The average Bonchev–Trinajstić information content (AvgIpc) is 2.38. The zero-order valence-electron chi connectivity index (χ0n) is 11.9. The van der Waals surface area contributed by atoms with Crippen LogP contribution in [-0.2, 0) is 21.1 Å². The maximum Gasteiger partial charge on any atom is 0.306 e. The lowest BCUT2D eigenvalue weighted by atomic mass is 10.0. The summed E-state index contributed by atoms with van der Waals surface area (Å²) in [5.41, 5.74) is 0.829. The van der Waals surface area contributed by atoms with Gasteiger partial charge in [-0.05, 0) is 24.1 Å².